The van der Waals surface area contributed by atoms with Gasteiger partial charge in [0.25, 0.3) is 11.8 Å². The largest absolute Gasteiger partial charge is 0.347 e. The Kier molecular flexibility index (Phi) is 4.77. The van der Waals surface area contributed by atoms with Crippen molar-refractivity contribution >= 4 is 28.8 Å². The lowest BCUT2D eigenvalue weighted by molar-refractivity contribution is 0.0952. The van der Waals surface area contributed by atoms with Gasteiger partial charge < -0.3 is 10.2 Å². The Labute approximate surface area is 162 Å². The van der Waals surface area contributed by atoms with Gasteiger partial charge >= 0.3 is 0 Å². The van der Waals surface area contributed by atoms with E-state index in [2.05, 4.69) is 18.3 Å². The minimum atomic E-state index is -0.0762. The summed E-state index contributed by atoms with van der Waals surface area (Å²) in [5.74, 6) is -0.0609. The van der Waals surface area contributed by atoms with E-state index in [1.54, 1.807) is 6.07 Å². The van der Waals surface area contributed by atoms with E-state index in [1.165, 1.54) is 16.9 Å². The fourth-order valence-electron chi connectivity index (χ4n) is 3.46. The molecule has 1 atom stereocenters. The smallest absolute Gasteiger partial charge is 0.261 e. The van der Waals surface area contributed by atoms with Crippen molar-refractivity contribution in [3.8, 4) is 0 Å². The molecule has 136 valence electrons. The van der Waals surface area contributed by atoms with Gasteiger partial charge in [-0.3, -0.25) is 9.59 Å². The molecule has 3 aromatic rings. The molecular formula is C22H20N2O2S. The van der Waals surface area contributed by atoms with Crippen LogP contribution in [0, 0.1) is 0 Å². The van der Waals surface area contributed by atoms with E-state index in [-0.39, 0.29) is 17.9 Å². The van der Waals surface area contributed by atoms with E-state index in [9.17, 15) is 9.59 Å². The molecule has 1 aliphatic heterocycles. The molecular weight excluding hydrogens is 356 g/mol. The number of carbonyl (C=O) groups is 2. The molecule has 5 heteroatoms. The van der Waals surface area contributed by atoms with E-state index in [4.69, 9.17) is 0 Å². The molecule has 0 radical (unpaired) electrons. The Morgan fingerprint density at radius 3 is 2.59 bits per heavy atom. The maximum absolute atomic E-state index is 13.0. The second-order valence-electron chi connectivity index (χ2n) is 6.71. The van der Waals surface area contributed by atoms with Gasteiger partial charge in [-0.1, -0.05) is 36.4 Å². The SMILES string of the molecule is CC1Cc2ccccc2N1C(=O)c1ccc(CNC(=O)c2cccs2)cc1. The molecule has 4 rings (SSSR count). The molecule has 0 aliphatic carbocycles. The fourth-order valence-corrected chi connectivity index (χ4v) is 4.10. The molecule has 1 aliphatic rings. The Balaban J connectivity index is 1.44. The van der Waals surface area contributed by atoms with Crippen LogP contribution in [0.1, 0.15) is 38.1 Å². The lowest BCUT2D eigenvalue weighted by atomic mass is 10.1. The van der Waals surface area contributed by atoms with E-state index >= 15 is 0 Å². The molecule has 0 bridgehead atoms. The van der Waals surface area contributed by atoms with Crippen molar-refractivity contribution in [2.75, 3.05) is 4.90 Å². The van der Waals surface area contributed by atoms with Gasteiger partial charge in [-0.15, -0.1) is 11.3 Å². The molecule has 0 saturated heterocycles. The zero-order valence-electron chi connectivity index (χ0n) is 15.0. The first-order valence-electron chi connectivity index (χ1n) is 8.95. The number of benzene rings is 2. The molecule has 1 aromatic heterocycles. The molecule has 1 unspecified atom stereocenters. The summed E-state index contributed by atoms with van der Waals surface area (Å²) in [5, 5.41) is 4.78. The van der Waals surface area contributed by atoms with E-state index < -0.39 is 0 Å². The van der Waals surface area contributed by atoms with Gasteiger partial charge in [0.2, 0.25) is 0 Å². The minimum absolute atomic E-state index is 0.0154. The van der Waals surface area contributed by atoms with Crippen LogP contribution in [-0.2, 0) is 13.0 Å². The third-order valence-corrected chi connectivity index (χ3v) is 5.69. The van der Waals surface area contributed by atoms with Crippen molar-refractivity contribution in [2.24, 2.45) is 0 Å². The quantitative estimate of drug-likeness (QED) is 0.739. The highest BCUT2D eigenvalue weighted by atomic mass is 32.1. The molecule has 2 heterocycles. The Bertz CT molecular complexity index is 964. The van der Waals surface area contributed by atoms with Crippen molar-refractivity contribution in [1.29, 1.82) is 0 Å². The van der Waals surface area contributed by atoms with Gasteiger partial charge in [0.1, 0.15) is 0 Å². The van der Waals surface area contributed by atoms with Crippen LogP contribution in [0.15, 0.2) is 66.0 Å². The lowest BCUT2D eigenvalue weighted by Gasteiger charge is -2.23. The van der Waals surface area contributed by atoms with Crippen LogP contribution in [-0.4, -0.2) is 17.9 Å². The molecule has 0 saturated carbocycles. The highest BCUT2D eigenvalue weighted by Gasteiger charge is 2.31. The van der Waals surface area contributed by atoms with Crippen LogP contribution in [0.2, 0.25) is 0 Å². The van der Waals surface area contributed by atoms with Crippen molar-refractivity contribution in [3.63, 3.8) is 0 Å². The van der Waals surface area contributed by atoms with Crippen LogP contribution in [0.25, 0.3) is 0 Å². The topological polar surface area (TPSA) is 49.4 Å². The van der Waals surface area contributed by atoms with E-state index in [0.717, 1.165) is 17.7 Å². The van der Waals surface area contributed by atoms with Gasteiger partial charge in [0.05, 0.1) is 4.88 Å². The Hall–Kier alpha value is -2.92. The zero-order valence-corrected chi connectivity index (χ0v) is 15.8. The van der Waals surface area contributed by atoms with Crippen molar-refractivity contribution in [3.05, 3.63) is 87.6 Å². The number of nitrogens with one attached hydrogen (secondary N) is 1. The fraction of sp³-hybridized carbons (Fsp3) is 0.182. The Morgan fingerprint density at radius 1 is 1.07 bits per heavy atom. The second kappa shape index (κ2) is 7.37. The summed E-state index contributed by atoms with van der Waals surface area (Å²) in [6.45, 7) is 2.51. The van der Waals surface area contributed by atoms with E-state index in [1.807, 2.05) is 58.8 Å². The number of nitrogens with zero attached hydrogens (tertiary/aromatic N) is 1. The summed E-state index contributed by atoms with van der Waals surface area (Å²) in [6, 6.07) is 19.3. The first-order chi connectivity index (χ1) is 13.1. The van der Waals surface area contributed by atoms with Crippen molar-refractivity contribution in [2.45, 2.75) is 25.9 Å². The standard InChI is InChI=1S/C22H20N2O2S/c1-15-13-18-5-2-3-6-19(18)24(15)22(26)17-10-8-16(9-11-17)14-23-21(25)20-7-4-12-27-20/h2-12,15H,13-14H2,1H3,(H,23,25). The maximum Gasteiger partial charge on any atom is 0.261 e. The monoisotopic (exact) mass is 376 g/mol. The summed E-state index contributed by atoms with van der Waals surface area (Å²) in [6.07, 6.45) is 0.884. The predicted octanol–water partition coefficient (Wildman–Crippen LogP) is 4.27. The number of thiophene rings is 1. The van der Waals surface area contributed by atoms with Crippen molar-refractivity contribution in [1.82, 2.24) is 5.32 Å². The summed E-state index contributed by atoms with van der Waals surface area (Å²) in [7, 11) is 0. The third-order valence-electron chi connectivity index (χ3n) is 4.82. The zero-order chi connectivity index (χ0) is 18.8. The average molecular weight is 376 g/mol. The van der Waals surface area contributed by atoms with Crippen LogP contribution < -0.4 is 10.2 Å². The van der Waals surface area contributed by atoms with Crippen LogP contribution in [0.3, 0.4) is 0 Å². The minimum Gasteiger partial charge on any atom is -0.347 e. The molecule has 2 amide bonds. The molecule has 1 N–H and O–H groups in total. The van der Waals surface area contributed by atoms with Gasteiger partial charge in [0.15, 0.2) is 0 Å². The molecule has 0 spiro atoms. The van der Waals surface area contributed by atoms with Gasteiger partial charge in [-0.05, 0) is 54.1 Å². The van der Waals surface area contributed by atoms with Crippen LogP contribution >= 0.6 is 11.3 Å². The highest BCUT2D eigenvalue weighted by Crippen LogP contribution is 2.33. The summed E-state index contributed by atoms with van der Waals surface area (Å²) in [5.41, 5.74) is 3.84. The Morgan fingerprint density at radius 2 is 1.85 bits per heavy atom. The number of anilines is 1. The molecule has 27 heavy (non-hydrogen) atoms. The highest BCUT2D eigenvalue weighted by molar-refractivity contribution is 7.12. The number of hydrogen-bond donors (Lipinski definition) is 1. The number of hydrogen-bond acceptors (Lipinski definition) is 3. The van der Waals surface area contributed by atoms with Gasteiger partial charge in [-0.25, -0.2) is 0 Å². The van der Waals surface area contributed by atoms with Gasteiger partial charge in [-0.2, -0.15) is 0 Å². The second-order valence-corrected chi connectivity index (χ2v) is 7.66. The van der Waals surface area contributed by atoms with E-state index in [0.29, 0.717) is 17.0 Å². The third kappa shape index (κ3) is 3.51. The summed E-state index contributed by atoms with van der Waals surface area (Å²) < 4.78 is 0. The number of carbonyl (C=O) groups excluding carboxylic acids is 2. The number of fused-ring (bicyclic) bond motifs is 1. The first-order valence-corrected chi connectivity index (χ1v) is 9.83. The first kappa shape index (κ1) is 17.5. The van der Waals surface area contributed by atoms with Crippen LogP contribution in [0.5, 0.6) is 0 Å². The lowest BCUT2D eigenvalue weighted by Crippen LogP contribution is -2.35. The van der Waals surface area contributed by atoms with Crippen molar-refractivity contribution < 1.29 is 9.59 Å². The summed E-state index contributed by atoms with van der Waals surface area (Å²) >= 11 is 1.42. The van der Waals surface area contributed by atoms with Crippen LogP contribution in [0.4, 0.5) is 5.69 Å². The normalized spacial score (nSPS) is 15.4. The number of para-hydroxylation sites is 1. The number of rotatable bonds is 4. The molecule has 4 nitrogen and oxygen atoms in total. The number of amides is 2. The predicted molar refractivity (Wildman–Crippen MR) is 108 cm³/mol. The maximum atomic E-state index is 13.0. The summed E-state index contributed by atoms with van der Waals surface area (Å²) in [4.78, 5) is 27.6. The molecule has 0 fully saturated rings. The van der Waals surface area contributed by atoms with Gasteiger partial charge in [0, 0.05) is 23.8 Å². The average Bonchev–Trinajstić information content (AvgIpc) is 3.33. The molecule has 2 aromatic carbocycles.